The molecule has 0 saturated carbocycles. The van der Waals surface area contributed by atoms with Crippen LogP contribution in [-0.4, -0.2) is 45.3 Å². The number of ketones is 1. The van der Waals surface area contributed by atoms with Crippen LogP contribution in [0.4, 0.5) is 0 Å². The molecule has 0 saturated heterocycles. The van der Waals surface area contributed by atoms with Crippen LogP contribution < -0.4 is 19.5 Å². The molecule has 0 atom stereocenters. The summed E-state index contributed by atoms with van der Waals surface area (Å²) in [5, 5.41) is 14.3. The lowest BCUT2D eigenvalue weighted by Gasteiger charge is -2.20. The predicted octanol–water partition coefficient (Wildman–Crippen LogP) is 3.69. The molecule has 29 heavy (non-hydrogen) atoms. The maximum absolute atomic E-state index is 13.0. The molecule has 6 nitrogen and oxygen atoms in total. The van der Waals surface area contributed by atoms with E-state index in [0.717, 1.165) is 24.1 Å². The van der Waals surface area contributed by atoms with E-state index in [4.69, 9.17) is 14.2 Å². The van der Waals surface area contributed by atoms with E-state index in [9.17, 15) is 9.90 Å². The van der Waals surface area contributed by atoms with Crippen molar-refractivity contribution in [1.82, 2.24) is 5.32 Å². The van der Waals surface area contributed by atoms with Crippen molar-refractivity contribution in [2.45, 2.75) is 6.42 Å². The van der Waals surface area contributed by atoms with Crippen LogP contribution in [0.1, 0.15) is 27.9 Å². The molecule has 0 aromatic heterocycles. The summed E-state index contributed by atoms with van der Waals surface area (Å²) in [5.41, 5.74) is 2.40. The lowest BCUT2D eigenvalue weighted by atomic mass is 9.93. The summed E-state index contributed by atoms with van der Waals surface area (Å²) in [7, 11) is 4.58. The van der Waals surface area contributed by atoms with Gasteiger partial charge in [-0.1, -0.05) is 24.3 Å². The smallest absolute Gasteiger partial charge is 0.193 e. The number of aromatic hydroxyl groups is 1. The second kappa shape index (κ2) is 9.30. The molecule has 0 bridgehead atoms. The topological polar surface area (TPSA) is 77.0 Å². The van der Waals surface area contributed by atoms with Crippen molar-refractivity contribution in [2.75, 3.05) is 34.4 Å². The molecular weight excluding hydrogens is 370 g/mol. The first-order valence-electron chi connectivity index (χ1n) is 9.33. The van der Waals surface area contributed by atoms with Crippen LogP contribution in [0, 0.1) is 0 Å². The monoisotopic (exact) mass is 395 g/mol. The summed E-state index contributed by atoms with van der Waals surface area (Å²) in [6.45, 7) is 1.49. The largest absolute Gasteiger partial charge is 0.506 e. The second-order valence-electron chi connectivity index (χ2n) is 6.54. The van der Waals surface area contributed by atoms with Gasteiger partial charge in [0.25, 0.3) is 0 Å². The number of allylic oxidation sites excluding steroid dienone is 1. The molecule has 0 amide bonds. The number of carbonyl (C=O) groups is 1. The Bertz CT molecular complexity index is 962. The lowest BCUT2D eigenvalue weighted by molar-refractivity contribution is 0.104. The molecule has 2 N–H and O–H groups in total. The summed E-state index contributed by atoms with van der Waals surface area (Å²) in [6, 6.07) is 9.00. The fourth-order valence-electron chi connectivity index (χ4n) is 3.34. The van der Waals surface area contributed by atoms with Crippen LogP contribution in [0.2, 0.25) is 0 Å². The fourth-order valence-corrected chi connectivity index (χ4v) is 3.34. The van der Waals surface area contributed by atoms with E-state index in [2.05, 4.69) is 5.32 Å². The third kappa shape index (κ3) is 4.43. The van der Waals surface area contributed by atoms with Gasteiger partial charge in [0.1, 0.15) is 28.6 Å². The van der Waals surface area contributed by atoms with Crippen molar-refractivity contribution < 1.29 is 24.1 Å². The fraction of sp³-hybridized carbons (Fsp3) is 0.261. The van der Waals surface area contributed by atoms with Crippen LogP contribution in [0.25, 0.3) is 11.6 Å². The number of carbonyl (C=O) groups excluding carboxylic acids is 1. The highest BCUT2D eigenvalue weighted by molar-refractivity contribution is 6.11. The lowest BCUT2D eigenvalue weighted by Crippen LogP contribution is -2.20. The van der Waals surface area contributed by atoms with Crippen LogP contribution in [0.15, 0.2) is 42.5 Å². The number of methoxy groups -OCH3 is 3. The Balaban J connectivity index is 2.03. The van der Waals surface area contributed by atoms with Gasteiger partial charge >= 0.3 is 0 Å². The quantitative estimate of drug-likeness (QED) is 0.550. The number of nitrogens with one attached hydrogen (secondary N) is 1. The summed E-state index contributed by atoms with van der Waals surface area (Å²) < 4.78 is 16.0. The van der Waals surface area contributed by atoms with E-state index in [0.29, 0.717) is 23.6 Å². The van der Waals surface area contributed by atoms with Gasteiger partial charge in [-0.15, -0.1) is 0 Å². The molecule has 0 spiro atoms. The van der Waals surface area contributed by atoms with Crippen LogP contribution >= 0.6 is 0 Å². The van der Waals surface area contributed by atoms with E-state index in [1.807, 2.05) is 30.3 Å². The second-order valence-corrected chi connectivity index (χ2v) is 6.54. The highest BCUT2D eigenvalue weighted by atomic mass is 16.5. The number of ether oxygens (including phenoxy) is 3. The van der Waals surface area contributed by atoms with Gasteiger partial charge in [-0.3, -0.25) is 4.79 Å². The Morgan fingerprint density at radius 3 is 2.55 bits per heavy atom. The number of benzene rings is 2. The zero-order valence-corrected chi connectivity index (χ0v) is 16.8. The zero-order chi connectivity index (χ0) is 20.8. The SMILES string of the molecule is COc1cccc(C=CC(=O)c2c(OC)cc(OC)c(C3=CCNCC3)c2O)c1. The molecule has 2 aromatic carbocycles. The number of phenols is 1. The van der Waals surface area contributed by atoms with Crippen LogP contribution in [-0.2, 0) is 0 Å². The summed E-state index contributed by atoms with van der Waals surface area (Å²) in [6.07, 6.45) is 5.81. The predicted molar refractivity (Wildman–Crippen MR) is 113 cm³/mol. The van der Waals surface area contributed by atoms with Gasteiger partial charge in [0.05, 0.1) is 26.9 Å². The number of phenolic OH excluding ortho intramolecular Hbond substituents is 1. The Kier molecular flexibility index (Phi) is 6.57. The average Bonchev–Trinajstić information content (AvgIpc) is 2.77. The summed E-state index contributed by atoms with van der Waals surface area (Å²) in [5.74, 6) is 0.943. The van der Waals surface area contributed by atoms with Crippen molar-refractivity contribution >= 4 is 17.4 Å². The maximum Gasteiger partial charge on any atom is 0.193 e. The first-order chi connectivity index (χ1) is 14.1. The number of hydrogen-bond acceptors (Lipinski definition) is 6. The van der Waals surface area contributed by atoms with E-state index >= 15 is 0 Å². The van der Waals surface area contributed by atoms with Crippen LogP contribution in [0.3, 0.4) is 0 Å². The molecule has 0 fully saturated rings. The molecule has 152 valence electrons. The Hall–Kier alpha value is -3.25. The van der Waals surface area contributed by atoms with E-state index in [1.54, 1.807) is 19.3 Å². The average molecular weight is 395 g/mol. The van der Waals surface area contributed by atoms with Gasteiger partial charge in [-0.05, 0) is 42.3 Å². The minimum Gasteiger partial charge on any atom is -0.506 e. The van der Waals surface area contributed by atoms with Gasteiger partial charge in [0, 0.05) is 12.6 Å². The molecule has 1 heterocycles. The Morgan fingerprint density at radius 2 is 1.90 bits per heavy atom. The third-order valence-electron chi connectivity index (χ3n) is 4.82. The standard InChI is InChI=1S/C23H25NO5/c1-27-17-6-4-5-15(13-17)7-8-18(25)22-20(29-3)14-19(28-2)21(23(22)26)16-9-11-24-12-10-16/h4-9,13-14,24,26H,10-12H2,1-3H3. The number of rotatable bonds is 7. The van der Waals surface area contributed by atoms with Gasteiger partial charge < -0.3 is 24.6 Å². The summed E-state index contributed by atoms with van der Waals surface area (Å²) in [4.78, 5) is 13.0. The summed E-state index contributed by atoms with van der Waals surface area (Å²) >= 11 is 0. The minimum atomic E-state index is -0.361. The van der Waals surface area contributed by atoms with Gasteiger partial charge in [-0.2, -0.15) is 0 Å². The minimum absolute atomic E-state index is 0.113. The van der Waals surface area contributed by atoms with Crippen molar-refractivity contribution in [1.29, 1.82) is 0 Å². The Morgan fingerprint density at radius 1 is 1.10 bits per heavy atom. The molecule has 1 aliphatic heterocycles. The van der Waals surface area contributed by atoms with Crippen LogP contribution in [0.5, 0.6) is 23.0 Å². The van der Waals surface area contributed by atoms with E-state index < -0.39 is 0 Å². The van der Waals surface area contributed by atoms with Crippen molar-refractivity contribution in [3.05, 3.63) is 59.2 Å². The highest BCUT2D eigenvalue weighted by Crippen LogP contribution is 2.43. The highest BCUT2D eigenvalue weighted by Gasteiger charge is 2.25. The first kappa shape index (κ1) is 20.5. The van der Waals surface area contributed by atoms with E-state index in [-0.39, 0.29) is 22.8 Å². The third-order valence-corrected chi connectivity index (χ3v) is 4.82. The molecule has 0 unspecified atom stereocenters. The Labute approximate surface area is 170 Å². The van der Waals surface area contributed by atoms with E-state index in [1.165, 1.54) is 20.3 Å². The van der Waals surface area contributed by atoms with Gasteiger partial charge in [-0.25, -0.2) is 0 Å². The molecule has 3 rings (SSSR count). The van der Waals surface area contributed by atoms with Gasteiger partial charge in [0.15, 0.2) is 5.78 Å². The van der Waals surface area contributed by atoms with Crippen molar-refractivity contribution in [2.24, 2.45) is 0 Å². The molecule has 6 heteroatoms. The molecule has 1 aliphatic rings. The van der Waals surface area contributed by atoms with Gasteiger partial charge in [0.2, 0.25) is 0 Å². The number of hydrogen-bond donors (Lipinski definition) is 2. The first-order valence-corrected chi connectivity index (χ1v) is 9.33. The molecule has 0 aliphatic carbocycles. The molecular formula is C23H25NO5. The zero-order valence-electron chi connectivity index (χ0n) is 16.8. The molecule has 2 aromatic rings. The van der Waals surface area contributed by atoms with Crippen molar-refractivity contribution in [3.63, 3.8) is 0 Å². The van der Waals surface area contributed by atoms with Crippen molar-refractivity contribution in [3.8, 4) is 23.0 Å². The maximum atomic E-state index is 13.0. The normalized spacial score (nSPS) is 13.8. The molecule has 0 radical (unpaired) electrons.